The number of hydrogen-bond donors (Lipinski definition) is 1. The number of hydrogen-bond acceptors (Lipinski definition) is 2. The zero-order chi connectivity index (χ0) is 13.4. The molecule has 1 aliphatic rings. The van der Waals surface area contributed by atoms with Gasteiger partial charge in [0.2, 0.25) is 5.91 Å². The van der Waals surface area contributed by atoms with Crippen molar-refractivity contribution in [1.29, 1.82) is 0 Å². The number of carbonyl (C=O) groups excluding carboxylic acids is 2. The maximum absolute atomic E-state index is 12.2. The number of nitrogens with one attached hydrogen (secondary N) is 1. The quantitative estimate of drug-likeness (QED) is 0.832. The molecule has 1 N–H and O–H groups in total. The summed E-state index contributed by atoms with van der Waals surface area (Å²) in [5.41, 5.74) is -0.100. The lowest BCUT2D eigenvalue weighted by atomic mass is 9.81. The Morgan fingerprint density at radius 1 is 1.22 bits per heavy atom. The van der Waals surface area contributed by atoms with Crippen LogP contribution in [0, 0.1) is 5.41 Å². The number of carbonyl (C=O) groups is 2. The summed E-state index contributed by atoms with van der Waals surface area (Å²) in [4.78, 5) is 24.0. The van der Waals surface area contributed by atoms with Crippen molar-refractivity contribution >= 4 is 11.7 Å². The van der Waals surface area contributed by atoms with Crippen LogP contribution in [0.15, 0.2) is 30.3 Å². The van der Waals surface area contributed by atoms with Gasteiger partial charge in [-0.3, -0.25) is 9.59 Å². The lowest BCUT2D eigenvalue weighted by Gasteiger charge is -2.24. The lowest BCUT2D eigenvalue weighted by molar-refractivity contribution is -0.126. The maximum atomic E-state index is 12.2. The van der Waals surface area contributed by atoms with E-state index in [1.807, 2.05) is 51.1 Å². The molecule has 1 amide bonds. The van der Waals surface area contributed by atoms with Gasteiger partial charge in [0.15, 0.2) is 5.78 Å². The third kappa shape index (κ3) is 2.45. The molecule has 0 bridgehead atoms. The van der Waals surface area contributed by atoms with Gasteiger partial charge in [0, 0.05) is 22.9 Å². The Kier molecular flexibility index (Phi) is 3.01. The molecule has 3 nitrogen and oxygen atoms in total. The highest BCUT2D eigenvalue weighted by Gasteiger charge is 2.46. The summed E-state index contributed by atoms with van der Waals surface area (Å²) in [5, 5.41) is 2.96. The molecular formula is C15H19NO2. The fraction of sp³-hybridized carbons (Fsp3) is 0.467. The van der Waals surface area contributed by atoms with Gasteiger partial charge in [-0.05, 0) is 13.3 Å². The highest BCUT2D eigenvalue weighted by atomic mass is 16.2. The summed E-state index contributed by atoms with van der Waals surface area (Å²) >= 11 is 0. The Hall–Kier alpha value is -1.64. The van der Waals surface area contributed by atoms with E-state index < -0.39 is 5.54 Å². The van der Waals surface area contributed by atoms with E-state index >= 15 is 0 Å². The van der Waals surface area contributed by atoms with Crippen molar-refractivity contribution in [2.24, 2.45) is 5.41 Å². The fourth-order valence-corrected chi connectivity index (χ4v) is 2.73. The Morgan fingerprint density at radius 3 is 2.33 bits per heavy atom. The van der Waals surface area contributed by atoms with Crippen LogP contribution in [-0.4, -0.2) is 17.2 Å². The second kappa shape index (κ2) is 4.23. The minimum absolute atomic E-state index is 0.0332. The lowest BCUT2D eigenvalue weighted by Crippen LogP contribution is -2.40. The van der Waals surface area contributed by atoms with E-state index in [0.29, 0.717) is 18.4 Å². The molecule has 1 atom stereocenters. The van der Waals surface area contributed by atoms with Gasteiger partial charge in [0.1, 0.15) is 0 Å². The number of rotatable bonds is 3. The number of ketones is 1. The molecule has 0 aliphatic carbocycles. The monoisotopic (exact) mass is 245 g/mol. The van der Waals surface area contributed by atoms with Crippen molar-refractivity contribution in [1.82, 2.24) is 5.32 Å². The Labute approximate surface area is 108 Å². The largest absolute Gasteiger partial charge is 0.350 e. The average Bonchev–Trinajstić information content (AvgIpc) is 2.48. The van der Waals surface area contributed by atoms with E-state index in [-0.39, 0.29) is 17.1 Å². The van der Waals surface area contributed by atoms with Crippen molar-refractivity contribution in [3.63, 3.8) is 0 Å². The summed E-state index contributed by atoms with van der Waals surface area (Å²) in [7, 11) is 0. The highest BCUT2D eigenvalue weighted by Crippen LogP contribution is 2.37. The van der Waals surface area contributed by atoms with Gasteiger partial charge in [-0.1, -0.05) is 44.2 Å². The minimum Gasteiger partial charge on any atom is -0.350 e. The van der Waals surface area contributed by atoms with Gasteiger partial charge < -0.3 is 5.32 Å². The molecule has 1 unspecified atom stereocenters. The third-order valence-corrected chi connectivity index (χ3v) is 3.51. The molecule has 0 spiro atoms. The van der Waals surface area contributed by atoms with Crippen LogP contribution in [-0.2, 0) is 4.79 Å². The van der Waals surface area contributed by atoms with Crippen LogP contribution in [0.25, 0.3) is 0 Å². The molecule has 96 valence electrons. The Balaban J connectivity index is 2.11. The van der Waals surface area contributed by atoms with E-state index in [1.165, 1.54) is 0 Å². The van der Waals surface area contributed by atoms with Gasteiger partial charge in [0.05, 0.1) is 0 Å². The van der Waals surface area contributed by atoms with Crippen LogP contribution >= 0.6 is 0 Å². The average molecular weight is 245 g/mol. The summed E-state index contributed by atoms with van der Waals surface area (Å²) in [6, 6.07) is 9.22. The molecular weight excluding hydrogens is 226 g/mol. The van der Waals surface area contributed by atoms with E-state index in [0.717, 1.165) is 0 Å². The van der Waals surface area contributed by atoms with Crippen LogP contribution < -0.4 is 5.32 Å². The Morgan fingerprint density at radius 2 is 1.83 bits per heavy atom. The summed E-state index contributed by atoms with van der Waals surface area (Å²) in [6.45, 7) is 5.78. The molecule has 1 aromatic rings. The van der Waals surface area contributed by atoms with Crippen molar-refractivity contribution in [3.8, 4) is 0 Å². The molecule has 1 aromatic carbocycles. The van der Waals surface area contributed by atoms with E-state index in [9.17, 15) is 9.59 Å². The molecule has 0 aromatic heterocycles. The first-order valence-electron chi connectivity index (χ1n) is 6.23. The SMILES string of the molecule is CC1(CC(=O)c2ccccc2)CC(C)(C)C(=O)N1. The van der Waals surface area contributed by atoms with Crippen LogP contribution in [0.4, 0.5) is 0 Å². The molecule has 0 radical (unpaired) electrons. The molecule has 0 saturated carbocycles. The molecule has 1 fully saturated rings. The molecule has 1 aliphatic heterocycles. The Bertz CT molecular complexity index is 479. The highest BCUT2D eigenvalue weighted by molar-refractivity contribution is 5.97. The maximum Gasteiger partial charge on any atom is 0.226 e. The zero-order valence-electron chi connectivity index (χ0n) is 11.1. The minimum atomic E-state index is -0.423. The summed E-state index contributed by atoms with van der Waals surface area (Å²) < 4.78 is 0. The first-order chi connectivity index (χ1) is 8.32. The van der Waals surface area contributed by atoms with Crippen molar-refractivity contribution in [2.45, 2.75) is 39.2 Å². The topological polar surface area (TPSA) is 46.2 Å². The molecule has 1 heterocycles. The fourth-order valence-electron chi connectivity index (χ4n) is 2.73. The molecule has 2 rings (SSSR count). The third-order valence-electron chi connectivity index (χ3n) is 3.51. The van der Waals surface area contributed by atoms with Gasteiger partial charge in [-0.25, -0.2) is 0 Å². The summed E-state index contributed by atoms with van der Waals surface area (Å²) in [5.74, 6) is 0.113. The van der Waals surface area contributed by atoms with Crippen LogP contribution in [0.5, 0.6) is 0 Å². The van der Waals surface area contributed by atoms with Crippen molar-refractivity contribution in [2.75, 3.05) is 0 Å². The van der Waals surface area contributed by atoms with Gasteiger partial charge >= 0.3 is 0 Å². The van der Waals surface area contributed by atoms with E-state index in [2.05, 4.69) is 5.32 Å². The second-order valence-electron chi connectivity index (χ2n) is 6.04. The normalized spacial score (nSPS) is 25.8. The standard InChI is InChI=1S/C15H19NO2/c1-14(2)10-15(3,16-13(14)18)9-12(17)11-7-5-4-6-8-11/h4-8H,9-10H2,1-3H3,(H,16,18). The number of Topliss-reactive ketones (excluding diaryl/α,β-unsaturated/α-hetero) is 1. The van der Waals surface area contributed by atoms with Gasteiger partial charge in [0.25, 0.3) is 0 Å². The van der Waals surface area contributed by atoms with Crippen LogP contribution in [0.1, 0.15) is 44.0 Å². The number of benzene rings is 1. The van der Waals surface area contributed by atoms with Crippen LogP contribution in [0.2, 0.25) is 0 Å². The van der Waals surface area contributed by atoms with Gasteiger partial charge in [-0.2, -0.15) is 0 Å². The van der Waals surface area contributed by atoms with Gasteiger partial charge in [-0.15, -0.1) is 0 Å². The number of amides is 1. The zero-order valence-corrected chi connectivity index (χ0v) is 11.1. The molecule has 18 heavy (non-hydrogen) atoms. The first kappa shape index (κ1) is 12.8. The summed E-state index contributed by atoms with van der Waals surface area (Å²) in [6.07, 6.45) is 1.05. The predicted molar refractivity (Wildman–Crippen MR) is 70.3 cm³/mol. The van der Waals surface area contributed by atoms with Crippen LogP contribution in [0.3, 0.4) is 0 Å². The second-order valence-corrected chi connectivity index (χ2v) is 6.04. The molecule has 3 heteroatoms. The van der Waals surface area contributed by atoms with E-state index in [4.69, 9.17) is 0 Å². The van der Waals surface area contributed by atoms with Crippen molar-refractivity contribution in [3.05, 3.63) is 35.9 Å². The smallest absolute Gasteiger partial charge is 0.226 e. The van der Waals surface area contributed by atoms with Crippen molar-refractivity contribution < 1.29 is 9.59 Å². The predicted octanol–water partition coefficient (Wildman–Crippen LogP) is 2.56. The first-order valence-corrected chi connectivity index (χ1v) is 6.23. The molecule has 1 saturated heterocycles. The van der Waals surface area contributed by atoms with E-state index in [1.54, 1.807) is 0 Å².